The third-order valence-corrected chi connectivity index (χ3v) is 5.18. The first kappa shape index (κ1) is 22.9. The molecule has 0 unspecified atom stereocenters. The average Bonchev–Trinajstić information content (AvgIpc) is 2.90. The number of carbonyl (C=O) groups excluding carboxylic acids is 3. The molecule has 2 rings (SSSR count). The average molecular weight is 404 g/mol. The van der Waals surface area contributed by atoms with Gasteiger partial charge in [0.25, 0.3) is 0 Å². The zero-order chi connectivity index (χ0) is 21.7. The van der Waals surface area contributed by atoms with Gasteiger partial charge in [-0.05, 0) is 39.7 Å². The van der Waals surface area contributed by atoms with E-state index in [4.69, 9.17) is 9.47 Å². The molecular formula is C23H33NO5. The van der Waals surface area contributed by atoms with Crippen LogP contribution in [0.3, 0.4) is 0 Å². The van der Waals surface area contributed by atoms with Gasteiger partial charge in [-0.15, -0.1) is 0 Å². The second-order valence-corrected chi connectivity index (χ2v) is 8.91. The number of rotatable bonds is 7. The van der Waals surface area contributed by atoms with E-state index in [1.54, 1.807) is 27.7 Å². The fraction of sp³-hybridized carbons (Fsp3) is 0.609. The zero-order valence-electron chi connectivity index (χ0n) is 18.2. The van der Waals surface area contributed by atoms with Crippen LogP contribution >= 0.6 is 0 Å². The van der Waals surface area contributed by atoms with E-state index in [2.05, 4.69) is 6.92 Å². The Hall–Kier alpha value is -2.37. The molecule has 1 heterocycles. The summed E-state index contributed by atoms with van der Waals surface area (Å²) in [5.41, 5.74) is -0.936. The van der Waals surface area contributed by atoms with E-state index in [9.17, 15) is 14.4 Å². The third kappa shape index (κ3) is 5.81. The van der Waals surface area contributed by atoms with Crippen molar-refractivity contribution in [2.45, 2.75) is 85.0 Å². The number of hydrogen-bond acceptors (Lipinski definition) is 5. The summed E-state index contributed by atoms with van der Waals surface area (Å²) in [5, 5.41) is 0. The molecule has 1 aliphatic heterocycles. The van der Waals surface area contributed by atoms with E-state index in [-0.39, 0.29) is 18.9 Å². The van der Waals surface area contributed by atoms with Crippen LogP contribution in [0.2, 0.25) is 0 Å². The standard InChI is InChI=1S/C23H33NO5/c1-6-7-9-14-18-23(5,20(26)28-16-17-12-10-8-11-13-17)15-19(25)24(18)21(27)29-22(2,3)4/h8,10-13,18H,6-7,9,14-16H2,1-5H3/t18-,23-/m1/s1. The van der Waals surface area contributed by atoms with Crippen LogP contribution in [0.15, 0.2) is 30.3 Å². The molecule has 0 spiro atoms. The fourth-order valence-corrected chi connectivity index (χ4v) is 3.65. The Labute approximate surface area is 173 Å². The summed E-state index contributed by atoms with van der Waals surface area (Å²) in [6.45, 7) is 9.20. The highest BCUT2D eigenvalue weighted by atomic mass is 16.6. The minimum Gasteiger partial charge on any atom is -0.460 e. The molecule has 29 heavy (non-hydrogen) atoms. The van der Waals surface area contributed by atoms with Crippen LogP contribution in [0.4, 0.5) is 4.79 Å². The summed E-state index contributed by atoms with van der Waals surface area (Å²) in [5.74, 6) is -0.845. The smallest absolute Gasteiger partial charge is 0.417 e. The summed E-state index contributed by atoms with van der Waals surface area (Å²) in [4.78, 5) is 39.7. The van der Waals surface area contributed by atoms with E-state index < -0.39 is 29.1 Å². The van der Waals surface area contributed by atoms with Crippen molar-refractivity contribution in [3.05, 3.63) is 35.9 Å². The second kappa shape index (κ2) is 9.42. The normalized spacial score (nSPS) is 21.9. The summed E-state index contributed by atoms with van der Waals surface area (Å²) >= 11 is 0. The van der Waals surface area contributed by atoms with Crippen LogP contribution in [0.25, 0.3) is 0 Å². The molecule has 6 nitrogen and oxygen atoms in total. The lowest BCUT2D eigenvalue weighted by Crippen LogP contribution is -2.48. The molecule has 0 radical (unpaired) electrons. The first-order chi connectivity index (χ1) is 13.6. The van der Waals surface area contributed by atoms with Gasteiger partial charge < -0.3 is 9.47 Å². The Morgan fingerprint density at radius 2 is 1.83 bits per heavy atom. The maximum Gasteiger partial charge on any atom is 0.417 e. The summed E-state index contributed by atoms with van der Waals surface area (Å²) in [6.07, 6.45) is 2.58. The molecule has 0 N–H and O–H groups in total. The quantitative estimate of drug-likeness (QED) is 0.480. The highest BCUT2D eigenvalue weighted by molar-refractivity contribution is 5.99. The Bertz CT molecular complexity index is 725. The molecular weight excluding hydrogens is 370 g/mol. The maximum atomic E-state index is 13.0. The molecule has 1 aromatic rings. The molecule has 6 heteroatoms. The van der Waals surface area contributed by atoms with Gasteiger partial charge in [-0.1, -0.05) is 56.5 Å². The predicted molar refractivity (Wildman–Crippen MR) is 110 cm³/mol. The molecule has 1 saturated heterocycles. The SMILES string of the molecule is CCCCC[C@H]1N(C(=O)OC(C)(C)C)C(=O)C[C@@]1(C)C(=O)OCc1ccccc1. The number of likely N-dealkylation sites (tertiary alicyclic amines) is 1. The van der Waals surface area contributed by atoms with Crippen LogP contribution in [0, 0.1) is 5.41 Å². The molecule has 0 aromatic heterocycles. The van der Waals surface area contributed by atoms with E-state index in [1.165, 1.54) is 0 Å². The van der Waals surface area contributed by atoms with Gasteiger partial charge in [0.1, 0.15) is 12.2 Å². The molecule has 0 saturated carbocycles. The van der Waals surface area contributed by atoms with Crippen molar-refractivity contribution < 1.29 is 23.9 Å². The van der Waals surface area contributed by atoms with Crippen molar-refractivity contribution in [3.63, 3.8) is 0 Å². The molecule has 0 bridgehead atoms. The van der Waals surface area contributed by atoms with Crippen LogP contribution < -0.4 is 0 Å². The molecule has 1 fully saturated rings. The van der Waals surface area contributed by atoms with Crippen LogP contribution in [-0.2, 0) is 25.7 Å². The number of hydrogen-bond donors (Lipinski definition) is 0. The monoisotopic (exact) mass is 403 g/mol. The molecule has 160 valence electrons. The van der Waals surface area contributed by atoms with Crippen molar-refractivity contribution in [2.75, 3.05) is 0 Å². The van der Waals surface area contributed by atoms with Gasteiger partial charge in [-0.3, -0.25) is 9.59 Å². The van der Waals surface area contributed by atoms with E-state index in [0.29, 0.717) is 6.42 Å². The summed E-state index contributed by atoms with van der Waals surface area (Å²) in [6, 6.07) is 8.83. The largest absolute Gasteiger partial charge is 0.460 e. The van der Waals surface area contributed by atoms with Crippen molar-refractivity contribution in [2.24, 2.45) is 5.41 Å². The second-order valence-electron chi connectivity index (χ2n) is 8.91. The molecule has 1 aliphatic rings. The summed E-state index contributed by atoms with van der Waals surface area (Å²) < 4.78 is 11.0. The number of esters is 1. The maximum absolute atomic E-state index is 13.0. The lowest BCUT2D eigenvalue weighted by molar-refractivity contribution is -0.158. The minimum absolute atomic E-state index is 0.0589. The zero-order valence-corrected chi connectivity index (χ0v) is 18.2. The Kier molecular flexibility index (Phi) is 7.44. The minimum atomic E-state index is -1.09. The predicted octanol–water partition coefficient (Wildman–Crippen LogP) is 4.85. The lowest BCUT2D eigenvalue weighted by atomic mass is 9.80. The van der Waals surface area contributed by atoms with Crippen molar-refractivity contribution in [1.82, 2.24) is 4.90 Å². The van der Waals surface area contributed by atoms with Crippen LogP contribution in [0.5, 0.6) is 0 Å². The number of imide groups is 1. The first-order valence-corrected chi connectivity index (χ1v) is 10.3. The fourth-order valence-electron chi connectivity index (χ4n) is 3.65. The summed E-state index contributed by atoms with van der Waals surface area (Å²) in [7, 11) is 0. The Morgan fingerprint density at radius 1 is 1.17 bits per heavy atom. The molecule has 0 aliphatic carbocycles. The van der Waals surface area contributed by atoms with Crippen molar-refractivity contribution in [3.8, 4) is 0 Å². The molecule has 2 atom stereocenters. The Balaban J connectivity index is 2.21. The molecule has 1 aromatic carbocycles. The van der Waals surface area contributed by atoms with Gasteiger partial charge in [0.15, 0.2) is 0 Å². The number of ether oxygens (including phenoxy) is 2. The topological polar surface area (TPSA) is 72.9 Å². The van der Waals surface area contributed by atoms with Crippen LogP contribution in [0.1, 0.15) is 72.3 Å². The van der Waals surface area contributed by atoms with Gasteiger partial charge in [0.2, 0.25) is 5.91 Å². The van der Waals surface area contributed by atoms with Crippen LogP contribution in [-0.4, -0.2) is 34.5 Å². The van der Waals surface area contributed by atoms with Crippen molar-refractivity contribution in [1.29, 1.82) is 0 Å². The van der Waals surface area contributed by atoms with E-state index >= 15 is 0 Å². The lowest BCUT2D eigenvalue weighted by Gasteiger charge is -2.33. The van der Waals surface area contributed by atoms with E-state index in [1.807, 2.05) is 30.3 Å². The Morgan fingerprint density at radius 3 is 2.41 bits per heavy atom. The number of unbranched alkanes of at least 4 members (excludes halogenated alkanes) is 2. The highest BCUT2D eigenvalue weighted by Crippen LogP contribution is 2.42. The van der Waals surface area contributed by atoms with Gasteiger partial charge in [-0.2, -0.15) is 0 Å². The van der Waals surface area contributed by atoms with Gasteiger partial charge in [0, 0.05) is 6.42 Å². The number of nitrogens with zero attached hydrogens (tertiary/aromatic N) is 1. The van der Waals surface area contributed by atoms with Crippen molar-refractivity contribution >= 4 is 18.0 Å². The van der Waals surface area contributed by atoms with Gasteiger partial charge in [-0.25, -0.2) is 9.69 Å². The number of amides is 2. The molecule has 2 amide bonds. The third-order valence-electron chi connectivity index (χ3n) is 5.18. The number of benzene rings is 1. The number of carbonyl (C=O) groups is 3. The van der Waals surface area contributed by atoms with Gasteiger partial charge in [0.05, 0.1) is 11.5 Å². The van der Waals surface area contributed by atoms with Gasteiger partial charge >= 0.3 is 12.1 Å². The first-order valence-electron chi connectivity index (χ1n) is 10.3. The van der Waals surface area contributed by atoms with E-state index in [0.717, 1.165) is 29.7 Å². The highest BCUT2D eigenvalue weighted by Gasteiger charge is 2.56.